The average Bonchev–Trinajstić information content (AvgIpc) is 3.69. The van der Waals surface area contributed by atoms with Crippen molar-refractivity contribution >= 4 is 49.6 Å². The summed E-state index contributed by atoms with van der Waals surface area (Å²) >= 11 is 0. The predicted octanol–water partition coefficient (Wildman–Crippen LogP) is 14.9. The van der Waals surface area contributed by atoms with Crippen LogP contribution in [0.25, 0.3) is 77.2 Å². The van der Waals surface area contributed by atoms with Crippen molar-refractivity contribution in [3.05, 3.63) is 212 Å². The zero-order chi connectivity index (χ0) is 35.8. The Morgan fingerprint density at radius 3 is 1.17 bits per heavy atom. The number of rotatable bonds is 7. The van der Waals surface area contributed by atoms with Gasteiger partial charge in [0.1, 0.15) is 11.3 Å². The maximum Gasteiger partial charge on any atom is 0.135 e. The molecule has 0 aliphatic heterocycles. The molecule has 0 N–H and O–H groups in total. The Labute approximate surface area is 314 Å². The molecule has 0 unspecified atom stereocenters. The van der Waals surface area contributed by atoms with E-state index in [0.717, 1.165) is 50.5 Å². The summed E-state index contributed by atoms with van der Waals surface area (Å²) in [7, 11) is 0. The second-order valence-corrected chi connectivity index (χ2v) is 13.8. The van der Waals surface area contributed by atoms with Gasteiger partial charge >= 0.3 is 0 Å². The molecule has 0 saturated carbocycles. The first-order valence-corrected chi connectivity index (χ1v) is 18.4. The van der Waals surface area contributed by atoms with E-state index in [4.69, 9.17) is 4.42 Å². The Bertz CT molecular complexity index is 2760. The fourth-order valence-corrected chi connectivity index (χ4v) is 7.57. The Morgan fingerprint density at radius 2 is 0.667 bits per heavy atom. The van der Waals surface area contributed by atoms with E-state index in [1.54, 1.807) is 0 Å². The van der Waals surface area contributed by atoms with Gasteiger partial charge in [0, 0.05) is 28.0 Å². The second kappa shape index (κ2) is 13.4. The monoisotopic (exact) mass is 689 g/mol. The van der Waals surface area contributed by atoms with E-state index in [9.17, 15) is 0 Å². The fraction of sp³-hybridized carbons (Fsp3) is 0. The number of fused-ring (bicyclic) bond motifs is 3. The summed E-state index contributed by atoms with van der Waals surface area (Å²) in [6.07, 6.45) is 0. The fourth-order valence-electron chi connectivity index (χ4n) is 7.57. The lowest BCUT2D eigenvalue weighted by atomic mass is 9.99. The van der Waals surface area contributed by atoms with Gasteiger partial charge < -0.3 is 9.32 Å². The summed E-state index contributed by atoms with van der Waals surface area (Å²) < 4.78 is 6.20. The van der Waals surface area contributed by atoms with Gasteiger partial charge in [0.2, 0.25) is 0 Å². The first-order chi connectivity index (χ1) is 26.7. The number of para-hydroxylation sites is 1. The highest BCUT2D eigenvalue weighted by Gasteiger charge is 2.15. The number of hydrogen-bond acceptors (Lipinski definition) is 2. The highest BCUT2D eigenvalue weighted by molar-refractivity contribution is 5.90. The number of benzene rings is 9. The van der Waals surface area contributed by atoms with E-state index in [0.29, 0.717) is 0 Å². The van der Waals surface area contributed by atoms with E-state index in [1.165, 1.54) is 43.8 Å². The number of anilines is 3. The summed E-state index contributed by atoms with van der Waals surface area (Å²) in [4.78, 5) is 2.34. The minimum Gasteiger partial charge on any atom is -0.456 e. The lowest BCUT2D eigenvalue weighted by molar-refractivity contribution is 0.631. The number of nitrogens with zero attached hydrogens (tertiary/aromatic N) is 1. The van der Waals surface area contributed by atoms with Crippen LogP contribution in [-0.2, 0) is 0 Å². The second-order valence-electron chi connectivity index (χ2n) is 13.8. The van der Waals surface area contributed by atoms with Gasteiger partial charge in [-0.05, 0) is 122 Å². The molecular formula is C52H35NO. The van der Waals surface area contributed by atoms with Crippen LogP contribution in [0.3, 0.4) is 0 Å². The predicted molar refractivity (Wildman–Crippen MR) is 228 cm³/mol. The van der Waals surface area contributed by atoms with Gasteiger partial charge in [-0.3, -0.25) is 0 Å². The zero-order valence-electron chi connectivity index (χ0n) is 29.6. The summed E-state index contributed by atoms with van der Waals surface area (Å²) in [5, 5.41) is 6.10. The maximum atomic E-state index is 6.20. The van der Waals surface area contributed by atoms with Crippen molar-refractivity contribution in [1.29, 1.82) is 0 Å². The van der Waals surface area contributed by atoms with Crippen molar-refractivity contribution in [2.24, 2.45) is 0 Å². The first-order valence-electron chi connectivity index (χ1n) is 18.4. The molecule has 0 bridgehead atoms. The summed E-state index contributed by atoms with van der Waals surface area (Å²) in [5.41, 5.74) is 12.3. The van der Waals surface area contributed by atoms with Gasteiger partial charge in [-0.1, -0.05) is 146 Å². The lowest BCUT2D eigenvalue weighted by Crippen LogP contribution is -2.09. The molecule has 1 aromatic heterocycles. The van der Waals surface area contributed by atoms with Crippen LogP contribution in [0.5, 0.6) is 0 Å². The first kappa shape index (κ1) is 31.6. The van der Waals surface area contributed by atoms with Crippen LogP contribution in [0, 0.1) is 0 Å². The normalized spacial score (nSPS) is 11.3. The molecule has 1 heterocycles. The SMILES string of the molecule is c1cc(-c2ccc(N(c3ccc(-c4ccc5ccccc5c4)cc3)c3ccc(-c4ccc5ccccc5c4)cc3)cc2)cc(-c2cc3ccccc3o2)c1. The van der Waals surface area contributed by atoms with Crippen LogP contribution in [0.2, 0.25) is 0 Å². The third-order valence-electron chi connectivity index (χ3n) is 10.4. The van der Waals surface area contributed by atoms with Crippen LogP contribution < -0.4 is 4.90 Å². The van der Waals surface area contributed by atoms with Crippen molar-refractivity contribution in [3.8, 4) is 44.7 Å². The van der Waals surface area contributed by atoms with E-state index in [1.807, 2.05) is 18.2 Å². The summed E-state index contributed by atoms with van der Waals surface area (Å²) in [6.45, 7) is 0. The quantitative estimate of drug-likeness (QED) is 0.166. The van der Waals surface area contributed by atoms with E-state index in [2.05, 4.69) is 199 Å². The lowest BCUT2D eigenvalue weighted by Gasteiger charge is -2.26. The van der Waals surface area contributed by atoms with Crippen molar-refractivity contribution in [1.82, 2.24) is 0 Å². The number of furan rings is 1. The molecule has 9 aromatic carbocycles. The molecule has 0 saturated heterocycles. The minimum atomic E-state index is 0.875. The summed E-state index contributed by atoms with van der Waals surface area (Å²) in [5.74, 6) is 0.875. The minimum absolute atomic E-state index is 0.875. The Hall–Kier alpha value is -7.16. The maximum absolute atomic E-state index is 6.20. The molecule has 0 amide bonds. The van der Waals surface area contributed by atoms with Crippen molar-refractivity contribution in [2.45, 2.75) is 0 Å². The molecule has 0 spiro atoms. The molecule has 10 aromatic rings. The molecule has 0 radical (unpaired) electrons. The molecule has 0 atom stereocenters. The Kier molecular flexibility index (Phi) is 7.85. The van der Waals surface area contributed by atoms with Gasteiger partial charge in [0.05, 0.1) is 0 Å². The summed E-state index contributed by atoms with van der Waals surface area (Å²) in [6, 6.07) is 76.0. The van der Waals surface area contributed by atoms with Crippen LogP contribution in [0.1, 0.15) is 0 Å². The van der Waals surface area contributed by atoms with Gasteiger partial charge in [-0.15, -0.1) is 0 Å². The standard InChI is InChI=1S/C52H35NO/c1-3-10-41-32-44(18-16-36(41)8-1)39-22-28-49(29-23-39)53(50-30-24-40(25-31-50)45-19-17-37-9-2-4-11-42(37)33-45)48-26-20-38(21-27-48)43-13-7-14-46(34-43)52-35-47-12-5-6-15-51(47)54-52/h1-35H. The van der Waals surface area contributed by atoms with Crippen LogP contribution in [-0.4, -0.2) is 0 Å². The topological polar surface area (TPSA) is 16.4 Å². The van der Waals surface area contributed by atoms with Gasteiger partial charge in [-0.2, -0.15) is 0 Å². The highest BCUT2D eigenvalue weighted by Crippen LogP contribution is 2.39. The smallest absolute Gasteiger partial charge is 0.135 e. The molecular weight excluding hydrogens is 655 g/mol. The average molecular weight is 690 g/mol. The largest absolute Gasteiger partial charge is 0.456 e. The molecule has 2 nitrogen and oxygen atoms in total. The van der Waals surface area contributed by atoms with Crippen LogP contribution in [0.15, 0.2) is 217 Å². The molecule has 2 heteroatoms. The van der Waals surface area contributed by atoms with Gasteiger partial charge in [0.15, 0.2) is 0 Å². The van der Waals surface area contributed by atoms with Gasteiger partial charge in [0.25, 0.3) is 0 Å². The van der Waals surface area contributed by atoms with Crippen LogP contribution in [0.4, 0.5) is 17.1 Å². The van der Waals surface area contributed by atoms with E-state index < -0.39 is 0 Å². The Balaban J connectivity index is 1.00. The van der Waals surface area contributed by atoms with E-state index >= 15 is 0 Å². The van der Waals surface area contributed by atoms with Crippen molar-refractivity contribution < 1.29 is 4.42 Å². The zero-order valence-corrected chi connectivity index (χ0v) is 29.6. The molecule has 54 heavy (non-hydrogen) atoms. The van der Waals surface area contributed by atoms with Crippen LogP contribution >= 0.6 is 0 Å². The molecule has 254 valence electrons. The Morgan fingerprint density at radius 1 is 0.259 bits per heavy atom. The van der Waals surface area contributed by atoms with Gasteiger partial charge in [-0.25, -0.2) is 0 Å². The number of hydrogen-bond donors (Lipinski definition) is 0. The third kappa shape index (κ3) is 6.00. The molecule has 0 fully saturated rings. The van der Waals surface area contributed by atoms with E-state index in [-0.39, 0.29) is 0 Å². The third-order valence-corrected chi connectivity index (χ3v) is 10.4. The highest BCUT2D eigenvalue weighted by atomic mass is 16.3. The molecule has 0 aliphatic carbocycles. The van der Waals surface area contributed by atoms with Crippen molar-refractivity contribution in [3.63, 3.8) is 0 Å². The van der Waals surface area contributed by atoms with Crippen molar-refractivity contribution in [2.75, 3.05) is 4.90 Å². The molecule has 0 aliphatic rings. The molecule has 10 rings (SSSR count).